The van der Waals surface area contributed by atoms with E-state index in [0.29, 0.717) is 44.7 Å². The fraction of sp³-hybridized carbons (Fsp3) is 0.556. The number of dihydropyridines is 1. The van der Waals surface area contributed by atoms with Crippen LogP contribution in [0.1, 0.15) is 125 Å². The maximum Gasteiger partial charge on any atom is 0.173 e. The van der Waals surface area contributed by atoms with Crippen LogP contribution >= 0.6 is 0 Å². The zero-order valence-corrected chi connectivity index (χ0v) is 38.8. The van der Waals surface area contributed by atoms with Crippen molar-refractivity contribution in [2.24, 2.45) is 40.7 Å². The number of phenolic OH excluding ortho intramolecular Hbond substituents is 1. The van der Waals surface area contributed by atoms with E-state index in [9.17, 15) is 30.0 Å². The zero-order chi connectivity index (χ0) is 46.3. The van der Waals surface area contributed by atoms with Crippen molar-refractivity contribution >= 4 is 11.6 Å². The lowest BCUT2D eigenvalue weighted by molar-refractivity contribution is -0.142. The van der Waals surface area contributed by atoms with Crippen LogP contribution in [0.2, 0.25) is 0 Å². The number of nitrogens with one attached hydrogen (secondary N) is 3. The Kier molecular flexibility index (Phi) is 16.0. The summed E-state index contributed by atoms with van der Waals surface area (Å²) in [5.74, 6) is 5.47. The van der Waals surface area contributed by atoms with Crippen molar-refractivity contribution < 1.29 is 34.8 Å². The maximum absolute atomic E-state index is 15.0. The standard InChI is InChI=1S/C54H72N4O7/c1-5-11-44(48(61)28-42-24-39(32-58-42)33(2)30-56-31-34(3)59)38-23-41(54(19-9-10-20-54)40-18-21-57-51(55)27-40)22-36-14-16-43(35-12-7-6-8-13-35)45-29-49(62)50(65-4)26-37(45)15-17-47(60)53(64)52(63)46(36)25-38/h6-8,12-13,18,24,26-27,29,32-34,36,38,41,43-44,46,48,53,56-59,61-62,64H,5,9-11,15,17,19-23,25,28,30-31,55H2,1-4H3/t33-,34+,36-,38-,41+,43-,44+,46+,48-,53+/m1/s1. The van der Waals surface area contributed by atoms with Gasteiger partial charge in [0.2, 0.25) is 0 Å². The van der Waals surface area contributed by atoms with Crippen LogP contribution in [0.5, 0.6) is 11.5 Å². The van der Waals surface area contributed by atoms with Crippen molar-refractivity contribution in [1.82, 2.24) is 15.6 Å². The van der Waals surface area contributed by atoms with Crippen molar-refractivity contribution in [2.45, 2.75) is 128 Å². The number of benzene rings is 2. The van der Waals surface area contributed by atoms with Crippen LogP contribution in [0.4, 0.5) is 0 Å². The smallest absolute Gasteiger partial charge is 0.173 e. The number of aliphatic hydroxyl groups excluding tert-OH is 3. The Balaban J connectivity index is 1.33. The summed E-state index contributed by atoms with van der Waals surface area (Å²) in [7, 11) is 1.48. The number of aromatic amines is 1. The van der Waals surface area contributed by atoms with E-state index in [-0.39, 0.29) is 53.4 Å². The number of aliphatic hydroxyl groups is 3. The van der Waals surface area contributed by atoms with Crippen molar-refractivity contribution in [3.05, 3.63) is 106 Å². The molecule has 11 nitrogen and oxygen atoms in total. The number of rotatable bonds is 15. The number of hydrogen-bond donors (Lipinski definition) is 8. The van der Waals surface area contributed by atoms with E-state index >= 15 is 0 Å². The molecule has 3 aromatic rings. The number of fused-ring (bicyclic) bond motifs is 2. The fourth-order valence-electron chi connectivity index (χ4n) is 11.8. The monoisotopic (exact) mass is 889 g/mol. The average Bonchev–Trinajstić information content (AvgIpc) is 3.95. The lowest BCUT2D eigenvalue weighted by Crippen LogP contribution is -2.40. The van der Waals surface area contributed by atoms with E-state index in [1.165, 1.54) is 12.7 Å². The Hall–Kier alpha value is -4.86. The molecule has 350 valence electrons. The Labute approximate surface area is 385 Å². The maximum atomic E-state index is 15.0. The van der Waals surface area contributed by atoms with Gasteiger partial charge in [-0.15, -0.1) is 0 Å². The van der Waals surface area contributed by atoms with Crippen LogP contribution in [-0.2, 0) is 22.4 Å². The Morgan fingerprint density at radius 3 is 2.48 bits per heavy atom. The molecule has 7 rings (SSSR count). The topological polar surface area (TPSA) is 190 Å². The van der Waals surface area contributed by atoms with Gasteiger partial charge in [0.15, 0.2) is 29.2 Å². The van der Waals surface area contributed by atoms with Gasteiger partial charge >= 0.3 is 0 Å². The number of allylic oxidation sites excluding steroid dienone is 2. The Morgan fingerprint density at radius 2 is 1.77 bits per heavy atom. The van der Waals surface area contributed by atoms with Crippen LogP contribution in [0.25, 0.3) is 0 Å². The van der Waals surface area contributed by atoms with Gasteiger partial charge < -0.3 is 46.5 Å². The molecule has 11 heteroatoms. The third-order valence-electron chi connectivity index (χ3n) is 15.2. The van der Waals surface area contributed by atoms with Gasteiger partial charge in [0.1, 0.15) is 0 Å². The fourth-order valence-corrected chi connectivity index (χ4v) is 11.8. The summed E-state index contributed by atoms with van der Waals surface area (Å²) in [5.41, 5.74) is 12.0. The number of carbonyl (C=O) groups excluding carboxylic acids is 2. The largest absolute Gasteiger partial charge is 0.504 e. The van der Waals surface area contributed by atoms with Crippen LogP contribution in [0, 0.1) is 46.8 Å². The molecule has 2 aromatic carbocycles. The van der Waals surface area contributed by atoms with Gasteiger partial charge in [0.25, 0.3) is 0 Å². The molecule has 2 heterocycles. The summed E-state index contributed by atoms with van der Waals surface area (Å²) in [6.07, 6.45) is 11.4. The van der Waals surface area contributed by atoms with Gasteiger partial charge in [0.05, 0.1) is 31.1 Å². The number of methoxy groups -OCH3 is 1. The Morgan fingerprint density at radius 1 is 1.00 bits per heavy atom. The van der Waals surface area contributed by atoms with E-state index in [2.05, 4.69) is 59.5 Å². The summed E-state index contributed by atoms with van der Waals surface area (Å²) in [4.78, 5) is 32.5. The first kappa shape index (κ1) is 48.1. The lowest BCUT2D eigenvalue weighted by atomic mass is 9.62. The highest BCUT2D eigenvalue weighted by atomic mass is 16.5. The van der Waals surface area contributed by atoms with Crippen LogP contribution in [0.15, 0.2) is 78.3 Å². The number of aromatic hydroxyl groups is 1. The van der Waals surface area contributed by atoms with Crippen molar-refractivity contribution in [2.75, 3.05) is 26.7 Å². The van der Waals surface area contributed by atoms with Gasteiger partial charge in [-0.2, -0.15) is 0 Å². The van der Waals surface area contributed by atoms with Gasteiger partial charge in [-0.3, -0.25) is 9.59 Å². The molecule has 2 saturated carbocycles. The van der Waals surface area contributed by atoms with E-state index in [1.807, 2.05) is 36.5 Å². The van der Waals surface area contributed by atoms with Gasteiger partial charge in [-0.1, -0.05) is 81.4 Å². The van der Waals surface area contributed by atoms with Crippen LogP contribution in [0.3, 0.4) is 0 Å². The number of ketones is 2. The molecule has 65 heavy (non-hydrogen) atoms. The van der Waals surface area contributed by atoms with Gasteiger partial charge in [-0.05, 0) is 133 Å². The number of phenols is 1. The summed E-state index contributed by atoms with van der Waals surface area (Å²) >= 11 is 0. The molecule has 9 N–H and O–H groups in total. The zero-order valence-electron chi connectivity index (χ0n) is 38.8. The third kappa shape index (κ3) is 11.1. The number of aryl methyl sites for hydroxylation is 1. The molecule has 1 aromatic heterocycles. The quantitative estimate of drug-likeness (QED) is 0.0586. The molecule has 0 spiro atoms. The van der Waals surface area contributed by atoms with Gasteiger partial charge in [-0.25, -0.2) is 0 Å². The van der Waals surface area contributed by atoms with E-state index in [4.69, 9.17) is 10.5 Å². The summed E-state index contributed by atoms with van der Waals surface area (Å²) in [6.45, 7) is 7.91. The molecule has 0 amide bonds. The molecule has 0 radical (unpaired) electrons. The Bertz CT molecular complexity index is 2230. The molecule has 0 saturated heterocycles. The predicted molar refractivity (Wildman–Crippen MR) is 254 cm³/mol. The first-order valence-electron chi connectivity index (χ1n) is 24.2. The van der Waals surface area contributed by atoms with E-state index < -0.39 is 47.6 Å². The molecule has 2 fully saturated rings. The number of hydrogen-bond acceptors (Lipinski definition) is 10. The molecular weight excluding hydrogens is 817 g/mol. The molecule has 3 aliphatic carbocycles. The summed E-state index contributed by atoms with van der Waals surface area (Å²) < 4.78 is 5.50. The molecule has 0 unspecified atom stereocenters. The van der Waals surface area contributed by atoms with Crippen molar-refractivity contribution in [3.63, 3.8) is 0 Å². The number of aromatic nitrogens is 1. The second-order valence-electron chi connectivity index (χ2n) is 19.6. The third-order valence-corrected chi connectivity index (χ3v) is 15.2. The van der Waals surface area contributed by atoms with E-state index in [1.54, 1.807) is 19.1 Å². The normalized spacial score (nSPS) is 26.5. The number of carbonyl (C=O) groups is 2. The minimum Gasteiger partial charge on any atom is -0.504 e. The molecule has 10 atom stereocenters. The predicted octanol–water partition coefficient (Wildman–Crippen LogP) is 6.94. The number of ether oxygens (including phenoxy) is 1. The molecular formula is C54H72N4O7. The highest BCUT2D eigenvalue weighted by Gasteiger charge is 2.50. The van der Waals surface area contributed by atoms with Crippen LogP contribution in [-0.4, -0.2) is 82.0 Å². The summed E-state index contributed by atoms with van der Waals surface area (Å²) in [5, 5.41) is 51.7. The molecule has 4 aliphatic rings. The van der Waals surface area contributed by atoms with Crippen molar-refractivity contribution in [1.29, 1.82) is 0 Å². The summed E-state index contributed by atoms with van der Waals surface area (Å²) in [6, 6.07) is 15.5. The SMILES string of the molecule is CCC[C@@H]([C@@H]1C[C@@H](C2(C3=CCNC(N)=C3)CCCC2)C[C@H]2C#C[C@H](c3ccccc3)c3cc(O)c(OC)cc3CCC(=O)[C@H](O)C(=O)[C@H]2C1)[C@H](O)Cc1cc([C@H](C)CNC[C@H](C)O)c[nH]1. The lowest BCUT2D eigenvalue weighted by Gasteiger charge is -2.43. The number of nitrogens with two attached hydrogens (primary N) is 1. The molecule has 0 bridgehead atoms. The van der Waals surface area contributed by atoms with Crippen LogP contribution < -0.4 is 21.1 Å². The first-order chi connectivity index (χ1) is 31.3. The highest BCUT2D eigenvalue weighted by molar-refractivity contribution is 6.06. The minimum absolute atomic E-state index is 0.0288. The highest BCUT2D eigenvalue weighted by Crippen LogP contribution is 2.57. The van der Waals surface area contributed by atoms with Gasteiger partial charge in [0, 0.05) is 56.2 Å². The number of H-pyrrole nitrogens is 1. The minimum atomic E-state index is -1.81. The average molecular weight is 889 g/mol. The number of Topliss-reactive ketones (excluding diaryl/α,β-unsaturated/α-hetero) is 2. The second-order valence-corrected chi connectivity index (χ2v) is 19.6. The van der Waals surface area contributed by atoms with E-state index in [0.717, 1.165) is 72.9 Å². The molecule has 1 aliphatic heterocycles. The van der Waals surface area contributed by atoms with Crippen molar-refractivity contribution in [3.8, 4) is 23.3 Å². The second kappa shape index (κ2) is 21.6. The first-order valence-corrected chi connectivity index (χ1v) is 24.2.